The van der Waals surface area contributed by atoms with Crippen molar-refractivity contribution in [1.29, 1.82) is 0 Å². The Kier molecular flexibility index (Phi) is 8.03. The Labute approximate surface area is 269 Å². The van der Waals surface area contributed by atoms with Gasteiger partial charge in [-0.2, -0.15) is 0 Å². The van der Waals surface area contributed by atoms with Crippen LogP contribution in [0.2, 0.25) is 0 Å². The van der Waals surface area contributed by atoms with Crippen molar-refractivity contribution in [2.45, 2.75) is 33.7 Å². The minimum atomic E-state index is -1.04. The van der Waals surface area contributed by atoms with Crippen molar-refractivity contribution in [3.05, 3.63) is 134 Å². The van der Waals surface area contributed by atoms with E-state index in [-0.39, 0.29) is 33.8 Å². The van der Waals surface area contributed by atoms with Crippen LogP contribution in [0.1, 0.15) is 42.5 Å². The van der Waals surface area contributed by atoms with Crippen molar-refractivity contribution in [2.24, 2.45) is 4.99 Å². The van der Waals surface area contributed by atoms with Crippen LogP contribution >= 0.6 is 11.3 Å². The second-order valence-corrected chi connectivity index (χ2v) is 11.7. The maximum absolute atomic E-state index is 14.0. The molecular weight excluding hydrogens is 628 g/mol. The fraction of sp³-hybridized carbons (Fsp3) is 0.182. The van der Waals surface area contributed by atoms with E-state index in [4.69, 9.17) is 13.6 Å². The fourth-order valence-corrected chi connectivity index (χ4v) is 6.41. The molecule has 0 radical (unpaired) electrons. The number of thiazole rings is 1. The van der Waals surface area contributed by atoms with Gasteiger partial charge in [0, 0.05) is 41.5 Å². The summed E-state index contributed by atoms with van der Waals surface area (Å²) in [5.41, 5.74) is 2.34. The van der Waals surface area contributed by atoms with Gasteiger partial charge in [-0.25, -0.2) is 9.79 Å². The van der Waals surface area contributed by atoms with E-state index in [0.717, 1.165) is 22.5 Å². The lowest BCUT2D eigenvalue weighted by atomic mass is 10.0. The van der Waals surface area contributed by atoms with E-state index in [1.54, 1.807) is 63.2 Å². The predicted molar refractivity (Wildman–Crippen MR) is 171 cm³/mol. The molecule has 2 aromatic carbocycles. The predicted octanol–water partition coefficient (Wildman–Crippen LogP) is 5.75. The molecule has 0 N–H and O–H groups in total. The topological polar surface area (TPSA) is 173 Å². The third-order valence-electron chi connectivity index (χ3n) is 7.71. The molecule has 0 saturated carbocycles. The van der Waals surface area contributed by atoms with Crippen LogP contribution < -0.4 is 14.9 Å². The smallest absolute Gasteiger partial charge is 0.338 e. The summed E-state index contributed by atoms with van der Waals surface area (Å²) in [6.45, 7) is 7.00. The van der Waals surface area contributed by atoms with Crippen LogP contribution in [0, 0.1) is 34.1 Å². The molecule has 1 aliphatic heterocycles. The highest BCUT2D eigenvalue weighted by Gasteiger charge is 2.35. The Morgan fingerprint density at radius 1 is 0.936 bits per heavy atom. The summed E-state index contributed by atoms with van der Waals surface area (Å²) in [5, 5.41) is 22.8. The van der Waals surface area contributed by atoms with Crippen LogP contribution in [-0.4, -0.2) is 27.0 Å². The highest BCUT2D eigenvalue weighted by atomic mass is 32.1. The van der Waals surface area contributed by atoms with Gasteiger partial charge < -0.3 is 13.6 Å². The number of esters is 1. The number of allylic oxidation sites excluding steroid dienone is 1. The Morgan fingerprint density at radius 3 is 2.13 bits per heavy atom. The van der Waals surface area contributed by atoms with Gasteiger partial charge in [-0.1, -0.05) is 23.5 Å². The third kappa shape index (κ3) is 5.70. The van der Waals surface area contributed by atoms with Crippen molar-refractivity contribution in [2.75, 3.05) is 6.61 Å². The van der Waals surface area contributed by atoms with Crippen molar-refractivity contribution in [3.63, 3.8) is 0 Å². The van der Waals surface area contributed by atoms with E-state index in [9.17, 15) is 29.8 Å². The van der Waals surface area contributed by atoms with E-state index in [1.807, 2.05) is 6.92 Å². The lowest BCUT2D eigenvalue weighted by molar-refractivity contribution is -0.385. The maximum atomic E-state index is 14.0. The number of benzene rings is 2. The summed E-state index contributed by atoms with van der Waals surface area (Å²) in [6, 6.07) is 14.4. The molecule has 13 nitrogen and oxygen atoms in total. The van der Waals surface area contributed by atoms with Crippen LogP contribution in [0.25, 0.3) is 28.7 Å². The first-order valence-electron chi connectivity index (χ1n) is 14.4. The molecule has 6 rings (SSSR count). The van der Waals surface area contributed by atoms with E-state index >= 15 is 0 Å². The first-order chi connectivity index (χ1) is 22.5. The van der Waals surface area contributed by atoms with Crippen molar-refractivity contribution in [3.8, 4) is 22.6 Å². The Bertz CT molecular complexity index is 2320. The number of nitro benzene ring substituents is 2. The highest BCUT2D eigenvalue weighted by molar-refractivity contribution is 7.07. The number of carbonyl (C=O) groups excluding carboxylic acids is 1. The van der Waals surface area contributed by atoms with Gasteiger partial charge >= 0.3 is 5.97 Å². The molecule has 0 amide bonds. The average molecular weight is 655 g/mol. The third-order valence-corrected chi connectivity index (χ3v) is 8.69. The molecule has 14 heteroatoms. The average Bonchev–Trinajstić information content (AvgIpc) is 3.77. The summed E-state index contributed by atoms with van der Waals surface area (Å²) >= 11 is 1.09. The van der Waals surface area contributed by atoms with Gasteiger partial charge in [0.2, 0.25) is 0 Å². The molecule has 1 aliphatic rings. The van der Waals surface area contributed by atoms with Gasteiger partial charge in [0.25, 0.3) is 16.9 Å². The van der Waals surface area contributed by atoms with Crippen molar-refractivity contribution in [1.82, 2.24) is 4.57 Å². The number of nitrogens with zero attached hydrogens (tertiary/aromatic N) is 4. The number of fused-ring (bicyclic) bond motifs is 1. The van der Waals surface area contributed by atoms with Crippen LogP contribution in [-0.2, 0) is 9.53 Å². The van der Waals surface area contributed by atoms with Crippen LogP contribution in [0.3, 0.4) is 0 Å². The molecule has 4 heterocycles. The molecule has 3 aromatic heterocycles. The number of hydrogen-bond donors (Lipinski definition) is 0. The Hall–Kier alpha value is -5.89. The van der Waals surface area contributed by atoms with E-state index in [1.165, 1.54) is 28.8 Å². The number of rotatable bonds is 8. The summed E-state index contributed by atoms with van der Waals surface area (Å²) in [4.78, 5) is 53.9. The first-order valence-corrected chi connectivity index (χ1v) is 15.2. The molecule has 47 heavy (non-hydrogen) atoms. The Balaban J connectivity index is 1.46. The summed E-state index contributed by atoms with van der Waals surface area (Å²) in [5.74, 6) is 0.609. The van der Waals surface area contributed by atoms with Crippen molar-refractivity contribution >= 4 is 34.8 Å². The van der Waals surface area contributed by atoms with Gasteiger partial charge in [-0.15, -0.1) is 0 Å². The van der Waals surface area contributed by atoms with Crippen molar-refractivity contribution < 1.29 is 28.2 Å². The number of aromatic nitrogens is 1. The number of carbonyl (C=O) groups is 1. The zero-order chi connectivity index (χ0) is 33.6. The summed E-state index contributed by atoms with van der Waals surface area (Å²) < 4.78 is 19.2. The van der Waals surface area contributed by atoms with Gasteiger partial charge in [-0.05, 0) is 63.1 Å². The number of furan rings is 2. The SMILES string of the molecule is CCOC(=O)C1=C(C)N=c2s/c(=C\c3ccc(-c4cc([N+](=O)[O-])ccc4C)o3)c(=O)n2[C@H]1c1ccc(-c2cc([N+](=O)[O-])ccc2C)o1. The lowest BCUT2D eigenvalue weighted by Crippen LogP contribution is -2.39. The maximum Gasteiger partial charge on any atom is 0.338 e. The number of hydrogen-bond acceptors (Lipinski definition) is 11. The molecule has 0 fully saturated rings. The highest BCUT2D eigenvalue weighted by Crippen LogP contribution is 2.36. The second kappa shape index (κ2) is 12.1. The number of aryl methyl sites for hydroxylation is 2. The van der Waals surface area contributed by atoms with Gasteiger partial charge in [-0.3, -0.25) is 29.6 Å². The van der Waals surface area contributed by atoms with E-state index < -0.39 is 27.4 Å². The molecule has 0 bridgehead atoms. The van der Waals surface area contributed by atoms with Gasteiger partial charge in [0.05, 0.1) is 32.3 Å². The summed E-state index contributed by atoms with van der Waals surface area (Å²) in [6.07, 6.45) is 1.54. The number of ether oxygens (including phenoxy) is 1. The molecule has 0 unspecified atom stereocenters. The molecule has 0 saturated heterocycles. The molecule has 5 aromatic rings. The second-order valence-electron chi connectivity index (χ2n) is 10.7. The minimum absolute atomic E-state index is 0.0774. The molecular formula is C33H26N4O9S. The Morgan fingerprint density at radius 2 is 1.53 bits per heavy atom. The van der Waals surface area contributed by atoms with Gasteiger partial charge in [0.15, 0.2) is 4.80 Å². The lowest BCUT2D eigenvalue weighted by Gasteiger charge is -2.22. The van der Waals surface area contributed by atoms with Crippen LogP contribution in [0.5, 0.6) is 0 Å². The summed E-state index contributed by atoms with van der Waals surface area (Å²) in [7, 11) is 0. The number of non-ortho nitro benzene ring substituents is 2. The zero-order valence-corrected chi connectivity index (χ0v) is 26.3. The molecule has 0 aliphatic carbocycles. The monoisotopic (exact) mass is 654 g/mol. The van der Waals surface area contributed by atoms with Gasteiger partial charge in [0.1, 0.15) is 29.1 Å². The molecule has 238 valence electrons. The largest absolute Gasteiger partial charge is 0.463 e. The standard InChI is InChI=1S/C33H26N4O9S/c1-5-44-32(39)29-19(4)34-33-35(30(29)27-13-12-26(46-27)24-15-21(37(42)43)9-7-18(24)3)31(38)28(47-33)16-22-10-11-25(45-22)23-14-20(36(40)41)8-6-17(23)2/h6-16,30H,5H2,1-4H3/b28-16-/t30-/m0/s1. The zero-order valence-electron chi connectivity index (χ0n) is 25.5. The molecule has 0 spiro atoms. The van der Waals surface area contributed by atoms with E-state index in [2.05, 4.69) is 4.99 Å². The number of nitro groups is 2. The minimum Gasteiger partial charge on any atom is -0.463 e. The molecule has 1 atom stereocenters. The van der Waals surface area contributed by atoms with Crippen LogP contribution in [0.4, 0.5) is 11.4 Å². The first kappa shape index (κ1) is 31.1. The fourth-order valence-electron chi connectivity index (χ4n) is 5.39. The normalized spacial score (nSPS) is 14.6. The van der Waals surface area contributed by atoms with Crippen LogP contribution in [0.15, 0.2) is 90.6 Å². The van der Waals surface area contributed by atoms with E-state index in [0.29, 0.717) is 38.9 Å². The quantitative estimate of drug-likeness (QED) is 0.115.